The van der Waals surface area contributed by atoms with Crippen LogP contribution < -0.4 is 0 Å². The number of aliphatic imine (C=N–C) groups is 2. The molecule has 0 saturated carbocycles. The third-order valence-corrected chi connectivity index (χ3v) is 4.44. The zero-order chi connectivity index (χ0) is 14.6. The Morgan fingerprint density at radius 3 is 1.45 bits per heavy atom. The second-order valence-electron chi connectivity index (χ2n) is 5.77. The molecule has 0 aliphatic carbocycles. The normalized spacial score (nSPS) is 22.4. The van der Waals surface area contributed by atoms with Gasteiger partial charge in [0.15, 0.2) is 11.3 Å². The second kappa shape index (κ2) is 8.67. The van der Waals surface area contributed by atoms with Crippen molar-refractivity contribution < 1.29 is 0 Å². The summed E-state index contributed by atoms with van der Waals surface area (Å²) >= 11 is 0. The van der Waals surface area contributed by atoms with Crippen LogP contribution in [0.4, 0.5) is 0 Å². The first kappa shape index (κ1) is 21.1. The molecule has 2 aliphatic heterocycles. The fourth-order valence-corrected chi connectivity index (χ4v) is 2.37. The Labute approximate surface area is 146 Å². The molecular formula is C14H28Cl2N6. The number of nitrogens with zero attached hydrogens (tertiary/aromatic N) is 6. The van der Waals surface area contributed by atoms with E-state index in [0.717, 1.165) is 39.0 Å². The van der Waals surface area contributed by atoms with Crippen LogP contribution in [0.3, 0.4) is 0 Å². The molecule has 0 saturated heterocycles. The molecule has 128 valence electrons. The van der Waals surface area contributed by atoms with Crippen LogP contribution in [-0.2, 0) is 0 Å². The molecule has 0 amide bonds. The van der Waals surface area contributed by atoms with Gasteiger partial charge < -0.3 is 9.80 Å². The van der Waals surface area contributed by atoms with Gasteiger partial charge in [0, 0.05) is 13.1 Å². The second-order valence-corrected chi connectivity index (χ2v) is 5.77. The van der Waals surface area contributed by atoms with Crippen LogP contribution >= 0.6 is 24.8 Å². The van der Waals surface area contributed by atoms with E-state index < -0.39 is 0 Å². The summed E-state index contributed by atoms with van der Waals surface area (Å²) in [5, 5.41) is 9.40. The molecule has 2 atom stereocenters. The van der Waals surface area contributed by atoms with E-state index in [9.17, 15) is 0 Å². The highest BCUT2D eigenvalue weighted by Crippen LogP contribution is 2.27. The first-order valence-corrected chi connectivity index (χ1v) is 7.51. The van der Waals surface area contributed by atoms with Gasteiger partial charge in [0.1, 0.15) is 0 Å². The Balaban J connectivity index is 0.00000220. The minimum absolute atomic E-state index is 0. The zero-order valence-corrected chi connectivity index (χ0v) is 15.5. The summed E-state index contributed by atoms with van der Waals surface area (Å²) in [6.45, 7) is 12.1. The van der Waals surface area contributed by atoms with E-state index in [4.69, 9.17) is 10.2 Å². The lowest BCUT2D eigenvalue weighted by atomic mass is 10.1. The molecule has 2 aliphatic rings. The Hall–Kier alpha value is -0.880. The monoisotopic (exact) mass is 350 g/mol. The smallest absolute Gasteiger partial charge is 0.150 e. The van der Waals surface area contributed by atoms with Crippen molar-refractivity contribution in [3.8, 4) is 0 Å². The molecule has 6 nitrogen and oxygen atoms in total. The van der Waals surface area contributed by atoms with E-state index in [2.05, 4.69) is 47.5 Å². The molecule has 0 radical (unpaired) electrons. The summed E-state index contributed by atoms with van der Waals surface area (Å²) in [5.41, 5.74) is -0.597. The van der Waals surface area contributed by atoms with Crippen molar-refractivity contribution in [2.24, 2.45) is 20.2 Å². The van der Waals surface area contributed by atoms with E-state index in [1.54, 1.807) is 0 Å². The van der Waals surface area contributed by atoms with Crippen molar-refractivity contribution >= 4 is 37.5 Å². The van der Waals surface area contributed by atoms with E-state index >= 15 is 0 Å². The van der Waals surface area contributed by atoms with Crippen molar-refractivity contribution in [2.75, 3.05) is 26.2 Å². The van der Waals surface area contributed by atoms with Crippen LogP contribution in [0.2, 0.25) is 0 Å². The lowest BCUT2D eigenvalue weighted by Gasteiger charge is -2.36. The zero-order valence-electron chi connectivity index (χ0n) is 13.9. The van der Waals surface area contributed by atoms with Crippen LogP contribution in [0.5, 0.6) is 0 Å². The van der Waals surface area contributed by atoms with Crippen LogP contribution in [0.15, 0.2) is 20.2 Å². The summed E-state index contributed by atoms with van der Waals surface area (Å²) in [4.78, 5) is 12.9. The van der Waals surface area contributed by atoms with Crippen LogP contribution in [0, 0.1) is 0 Å². The molecule has 2 unspecified atom stereocenters. The minimum atomic E-state index is -0.298. The minimum Gasteiger partial charge on any atom is -0.335 e. The van der Waals surface area contributed by atoms with Crippen LogP contribution in [-0.4, -0.2) is 60.0 Å². The average Bonchev–Trinajstić information content (AvgIpc) is 3.16. The molecule has 0 spiro atoms. The van der Waals surface area contributed by atoms with Gasteiger partial charge in [0.2, 0.25) is 0 Å². The van der Waals surface area contributed by atoms with Crippen molar-refractivity contribution in [3.63, 3.8) is 0 Å². The van der Waals surface area contributed by atoms with E-state index in [1.807, 2.05) is 12.7 Å². The first-order valence-electron chi connectivity index (χ1n) is 7.51. The number of azo groups is 1. The molecule has 0 bridgehead atoms. The van der Waals surface area contributed by atoms with E-state index in [-0.39, 0.29) is 36.1 Å². The fraction of sp³-hybridized carbons (Fsp3) is 0.857. The molecule has 0 aromatic carbocycles. The van der Waals surface area contributed by atoms with Gasteiger partial charge in [-0.1, -0.05) is 13.8 Å². The molecule has 8 heteroatoms. The van der Waals surface area contributed by atoms with Gasteiger partial charge in [0.05, 0.1) is 25.8 Å². The summed E-state index contributed by atoms with van der Waals surface area (Å²) < 4.78 is 0. The first-order chi connectivity index (χ1) is 9.54. The summed E-state index contributed by atoms with van der Waals surface area (Å²) in [6.07, 6.45) is 5.64. The quantitative estimate of drug-likeness (QED) is 0.690. The lowest BCUT2D eigenvalue weighted by molar-refractivity contribution is 0.161. The lowest BCUT2D eigenvalue weighted by Crippen LogP contribution is -2.45. The summed E-state index contributed by atoms with van der Waals surface area (Å²) in [5.74, 6) is 0. The summed E-state index contributed by atoms with van der Waals surface area (Å²) in [6, 6.07) is 0. The number of halogens is 2. The highest BCUT2D eigenvalue weighted by Gasteiger charge is 2.34. The maximum atomic E-state index is 4.70. The Kier molecular flexibility index (Phi) is 8.33. The third kappa shape index (κ3) is 4.32. The van der Waals surface area contributed by atoms with Gasteiger partial charge in [-0.05, 0) is 26.7 Å². The molecule has 0 aromatic rings. The van der Waals surface area contributed by atoms with E-state index in [1.165, 1.54) is 0 Å². The molecule has 2 heterocycles. The Morgan fingerprint density at radius 1 is 0.864 bits per heavy atom. The number of hydrogen-bond donors (Lipinski definition) is 0. The average molecular weight is 351 g/mol. The summed E-state index contributed by atoms with van der Waals surface area (Å²) in [7, 11) is 0. The predicted octanol–water partition coefficient (Wildman–Crippen LogP) is 3.22. The van der Waals surface area contributed by atoms with Gasteiger partial charge in [-0.15, -0.1) is 24.8 Å². The van der Waals surface area contributed by atoms with Crippen molar-refractivity contribution in [3.05, 3.63) is 0 Å². The van der Waals surface area contributed by atoms with Crippen LogP contribution in [0.1, 0.15) is 40.5 Å². The fourth-order valence-electron chi connectivity index (χ4n) is 2.37. The molecule has 22 heavy (non-hydrogen) atoms. The van der Waals surface area contributed by atoms with Crippen molar-refractivity contribution in [1.29, 1.82) is 0 Å². The number of rotatable bonds is 6. The van der Waals surface area contributed by atoms with Crippen molar-refractivity contribution in [2.45, 2.75) is 51.9 Å². The molecule has 0 aromatic heterocycles. The van der Waals surface area contributed by atoms with Gasteiger partial charge in [0.25, 0.3) is 0 Å². The maximum Gasteiger partial charge on any atom is 0.150 e. The van der Waals surface area contributed by atoms with Crippen molar-refractivity contribution in [1.82, 2.24) is 9.80 Å². The Bertz CT molecular complexity index is 390. The van der Waals surface area contributed by atoms with Gasteiger partial charge in [-0.3, -0.25) is 9.98 Å². The highest BCUT2D eigenvalue weighted by molar-refractivity contribution is 5.85. The third-order valence-electron chi connectivity index (χ3n) is 4.44. The van der Waals surface area contributed by atoms with Gasteiger partial charge >= 0.3 is 0 Å². The highest BCUT2D eigenvalue weighted by atomic mass is 35.5. The predicted molar refractivity (Wildman–Crippen MR) is 96.9 cm³/mol. The van der Waals surface area contributed by atoms with Crippen LogP contribution in [0.25, 0.3) is 0 Å². The van der Waals surface area contributed by atoms with Gasteiger partial charge in [-0.25, -0.2) is 0 Å². The molecular weight excluding hydrogens is 323 g/mol. The maximum absolute atomic E-state index is 4.70. The van der Waals surface area contributed by atoms with Gasteiger partial charge in [-0.2, -0.15) is 10.2 Å². The number of hydrogen-bond acceptors (Lipinski definition) is 6. The standard InChI is InChI=1S/C14H26N6.2ClH/c1-5-13(3,19-9-7-15-11-19)17-18-14(4,6-2)20-10-8-16-12-20;;/h11-12H,5-10H2,1-4H3;2*1H/b18-17+;;. The molecule has 0 N–H and O–H groups in total. The molecule has 0 fully saturated rings. The van der Waals surface area contributed by atoms with E-state index in [0.29, 0.717) is 0 Å². The molecule has 2 rings (SSSR count). The SMILES string of the molecule is CCC(C)(/N=N/C(C)(CC)N1C=NCC1)N1C=NCC1.Cl.Cl. The Morgan fingerprint density at radius 2 is 1.23 bits per heavy atom. The topological polar surface area (TPSA) is 55.9 Å². The largest absolute Gasteiger partial charge is 0.335 e.